The van der Waals surface area contributed by atoms with Gasteiger partial charge in [-0.25, -0.2) is 0 Å². The molecule has 0 fully saturated rings. The van der Waals surface area contributed by atoms with E-state index in [9.17, 15) is 4.79 Å². The number of hydrogen-bond donors (Lipinski definition) is 2. The van der Waals surface area contributed by atoms with E-state index < -0.39 is 0 Å². The molecule has 1 aromatic rings. The molecule has 0 aromatic heterocycles. The predicted molar refractivity (Wildman–Crippen MR) is 73.6 cm³/mol. The van der Waals surface area contributed by atoms with Gasteiger partial charge in [0.1, 0.15) is 0 Å². The predicted octanol–water partition coefficient (Wildman–Crippen LogP) is 2.41. The maximum absolute atomic E-state index is 11.7. The minimum absolute atomic E-state index is 0.0108. The lowest BCUT2D eigenvalue weighted by Crippen LogP contribution is -2.35. The molecular formula is C14H20ClNO2. The van der Waals surface area contributed by atoms with Crippen molar-refractivity contribution in [1.82, 2.24) is 5.32 Å². The molecule has 0 bridgehead atoms. The van der Waals surface area contributed by atoms with E-state index in [0.717, 1.165) is 5.56 Å². The Hall–Kier alpha value is -1.06. The van der Waals surface area contributed by atoms with Gasteiger partial charge in [-0.15, -0.1) is 0 Å². The first-order chi connectivity index (χ1) is 8.43. The van der Waals surface area contributed by atoms with Crippen LogP contribution in [0, 0.1) is 5.41 Å². The summed E-state index contributed by atoms with van der Waals surface area (Å²) in [5.41, 5.74) is 0.863. The van der Waals surface area contributed by atoms with Crippen LogP contribution in [0.1, 0.15) is 25.8 Å². The lowest BCUT2D eigenvalue weighted by molar-refractivity contribution is -0.120. The highest BCUT2D eigenvalue weighted by Crippen LogP contribution is 2.18. The Morgan fingerprint density at radius 3 is 2.50 bits per heavy atom. The second-order valence-electron chi connectivity index (χ2n) is 5.22. The number of hydrogen-bond acceptors (Lipinski definition) is 2. The number of aliphatic hydroxyl groups is 1. The zero-order valence-electron chi connectivity index (χ0n) is 10.9. The van der Waals surface area contributed by atoms with Gasteiger partial charge >= 0.3 is 0 Å². The molecule has 2 N–H and O–H groups in total. The Morgan fingerprint density at radius 2 is 1.94 bits per heavy atom. The Balaban J connectivity index is 2.40. The van der Waals surface area contributed by atoms with Gasteiger partial charge in [-0.1, -0.05) is 37.6 Å². The van der Waals surface area contributed by atoms with Gasteiger partial charge in [-0.2, -0.15) is 0 Å². The molecule has 4 heteroatoms. The minimum Gasteiger partial charge on any atom is -0.396 e. The third kappa shape index (κ3) is 5.52. The molecule has 1 aromatic carbocycles. The van der Waals surface area contributed by atoms with Crippen LogP contribution in [0.5, 0.6) is 0 Å². The summed E-state index contributed by atoms with van der Waals surface area (Å²) in [5.74, 6) is -0.0108. The maximum atomic E-state index is 11.7. The van der Waals surface area contributed by atoms with E-state index in [1.165, 1.54) is 0 Å². The van der Waals surface area contributed by atoms with Crippen molar-refractivity contribution in [3.05, 3.63) is 34.9 Å². The van der Waals surface area contributed by atoms with Crippen LogP contribution in [0.25, 0.3) is 0 Å². The average Bonchev–Trinajstić information content (AvgIpc) is 2.30. The number of carbonyl (C=O) groups excluding carboxylic acids is 1. The van der Waals surface area contributed by atoms with Gasteiger partial charge in [0.15, 0.2) is 0 Å². The molecule has 100 valence electrons. The highest BCUT2D eigenvalue weighted by molar-refractivity contribution is 6.30. The van der Waals surface area contributed by atoms with Gasteiger partial charge in [0.2, 0.25) is 5.91 Å². The van der Waals surface area contributed by atoms with Crippen LogP contribution in [0.3, 0.4) is 0 Å². The van der Waals surface area contributed by atoms with Crippen molar-refractivity contribution in [3.8, 4) is 0 Å². The molecule has 1 amide bonds. The first-order valence-corrected chi connectivity index (χ1v) is 6.43. The van der Waals surface area contributed by atoms with Crippen LogP contribution in [0.2, 0.25) is 5.02 Å². The highest BCUT2D eigenvalue weighted by atomic mass is 35.5. The summed E-state index contributed by atoms with van der Waals surface area (Å²) >= 11 is 5.78. The number of rotatable bonds is 6. The average molecular weight is 270 g/mol. The van der Waals surface area contributed by atoms with Crippen LogP contribution in [0.4, 0.5) is 0 Å². The van der Waals surface area contributed by atoms with Crippen LogP contribution < -0.4 is 5.32 Å². The van der Waals surface area contributed by atoms with E-state index in [0.29, 0.717) is 24.4 Å². The van der Waals surface area contributed by atoms with E-state index >= 15 is 0 Å². The van der Waals surface area contributed by atoms with Gasteiger partial charge in [-0.3, -0.25) is 4.79 Å². The lowest BCUT2D eigenvalue weighted by atomic mass is 9.89. The van der Waals surface area contributed by atoms with E-state index in [1.807, 2.05) is 26.0 Å². The molecule has 1 rings (SSSR count). The molecule has 0 saturated carbocycles. The topological polar surface area (TPSA) is 49.3 Å². The highest BCUT2D eigenvalue weighted by Gasteiger charge is 2.18. The third-order valence-corrected chi connectivity index (χ3v) is 3.08. The summed E-state index contributed by atoms with van der Waals surface area (Å²) in [6, 6.07) is 7.25. The van der Waals surface area contributed by atoms with Crippen molar-refractivity contribution in [2.45, 2.75) is 26.7 Å². The molecule has 18 heavy (non-hydrogen) atoms. The molecular weight excluding hydrogens is 250 g/mol. The molecule has 0 heterocycles. The molecule has 0 saturated heterocycles. The Morgan fingerprint density at radius 1 is 1.33 bits per heavy atom. The fourth-order valence-electron chi connectivity index (χ4n) is 1.58. The molecule has 0 spiro atoms. The number of amides is 1. The fraction of sp³-hybridized carbons (Fsp3) is 0.500. The molecule has 0 radical (unpaired) electrons. The molecule has 3 nitrogen and oxygen atoms in total. The number of nitrogens with one attached hydrogen (secondary N) is 1. The Labute approximate surface area is 113 Å². The largest absolute Gasteiger partial charge is 0.396 e. The lowest BCUT2D eigenvalue weighted by Gasteiger charge is -2.23. The van der Waals surface area contributed by atoms with Crippen molar-refractivity contribution >= 4 is 17.5 Å². The quantitative estimate of drug-likeness (QED) is 0.833. The summed E-state index contributed by atoms with van der Waals surface area (Å²) in [7, 11) is 0. The van der Waals surface area contributed by atoms with Gasteiger partial charge < -0.3 is 10.4 Å². The zero-order valence-corrected chi connectivity index (χ0v) is 11.6. The Bertz CT molecular complexity index is 387. The fourth-order valence-corrected chi connectivity index (χ4v) is 1.71. The number of aliphatic hydroxyl groups excluding tert-OH is 1. The van der Waals surface area contributed by atoms with Gasteiger partial charge in [-0.05, 0) is 29.5 Å². The van der Waals surface area contributed by atoms with Gasteiger partial charge in [0.25, 0.3) is 0 Å². The number of halogens is 1. The second kappa shape index (κ2) is 6.76. The third-order valence-electron chi connectivity index (χ3n) is 2.83. The first kappa shape index (κ1) is 15.0. The SMILES string of the molecule is CC(C)(CCO)CNC(=O)Cc1ccc(Cl)cc1. The smallest absolute Gasteiger partial charge is 0.224 e. The minimum atomic E-state index is -0.0790. The summed E-state index contributed by atoms with van der Waals surface area (Å²) in [6.07, 6.45) is 1.03. The summed E-state index contributed by atoms with van der Waals surface area (Å²) in [6.45, 7) is 4.75. The number of carbonyl (C=O) groups is 1. The van der Waals surface area contributed by atoms with E-state index in [2.05, 4.69) is 5.32 Å². The van der Waals surface area contributed by atoms with Crippen molar-refractivity contribution in [2.75, 3.05) is 13.2 Å². The molecule has 0 aliphatic carbocycles. The monoisotopic (exact) mass is 269 g/mol. The van der Waals surface area contributed by atoms with Crippen LogP contribution in [-0.4, -0.2) is 24.2 Å². The van der Waals surface area contributed by atoms with E-state index in [1.54, 1.807) is 12.1 Å². The summed E-state index contributed by atoms with van der Waals surface area (Å²) in [5, 5.41) is 12.5. The molecule has 0 aliphatic rings. The standard InChI is InChI=1S/C14H20ClNO2/c1-14(2,7-8-17)10-16-13(18)9-11-3-5-12(15)6-4-11/h3-6,17H,7-10H2,1-2H3,(H,16,18). The van der Waals surface area contributed by atoms with Crippen molar-refractivity contribution in [3.63, 3.8) is 0 Å². The maximum Gasteiger partial charge on any atom is 0.224 e. The molecule has 0 unspecified atom stereocenters. The summed E-state index contributed by atoms with van der Waals surface area (Å²) in [4.78, 5) is 11.7. The van der Waals surface area contributed by atoms with Crippen LogP contribution >= 0.6 is 11.6 Å². The van der Waals surface area contributed by atoms with Crippen molar-refractivity contribution in [1.29, 1.82) is 0 Å². The van der Waals surface area contributed by atoms with Crippen molar-refractivity contribution in [2.24, 2.45) is 5.41 Å². The van der Waals surface area contributed by atoms with Crippen LogP contribution in [0.15, 0.2) is 24.3 Å². The van der Waals surface area contributed by atoms with Gasteiger partial charge in [0, 0.05) is 18.2 Å². The second-order valence-corrected chi connectivity index (χ2v) is 5.65. The molecule has 0 atom stereocenters. The van der Waals surface area contributed by atoms with E-state index in [-0.39, 0.29) is 17.9 Å². The van der Waals surface area contributed by atoms with Crippen LogP contribution in [-0.2, 0) is 11.2 Å². The van der Waals surface area contributed by atoms with Crippen molar-refractivity contribution < 1.29 is 9.90 Å². The summed E-state index contributed by atoms with van der Waals surface area (Å²) < 4.78 is 0. The van der Waals surface area contributed by atoms with Gasteiger partial charge in [0.05, 0.1) is 6.42 Å². The zero-order chi connectivity index (χ0) is 13.6. The number of benzene rings is 1. The van der Waals surface area contributed by atoms with E-state index in [4.69, 9.17) is 16.7 Å². The first-order valence-electron chi connectivity index (χ1n) is 6.05. The normalized spacial score (nSPS) is 11.3. The Kier molecular flexibility index (Phi) is 5.63. The molecule has 0 aliphatic heterocycles.